The van der Waals surface area contributed by atoms with Crippen LogP contribution in [-0.4, -0.2) is 33.2 Å². The van der Waals surface area contributed by atoms with Crippen LogP contribution in [0.3, 0.4) is 0 Å². The van der Waals surface area contributed by atoms with Crippen molar-refractivity contribution in [1.29, 1.82) is 0 Å². The third kappa shape index (κ3) is 4.31. The van der Waals surface area contributed by atoms with E-state index in [-0.39, 0.29) is 6.61 Å². The Balaban J connectivity index is 4.01. The molecule has 0 bridgehead atoms. The summed E-state index contributed by atoms with van der Waals surface area (Å²) in [4.78, 5) is 0. The zero-order valence-electron chi connectivity index (χ0n) is 6.66. The molecule has 0 radical (unpaired) electrons. The molecule has 0 heterocycles. The summed E-state index contributed by atoms with van der Waals surface area (Å²) in [6, 6.07) is -0.396. The molecule has 0 fully saturated rings. The molecule has 0 amide bonds. The van der Waals surface area contributed by atoms with Gasteiger partial charge in [0, 0.05) is 13.1 Å². The molecular weight excluding hydrogens is 168 g/mol. The van der Waals surface area contributed by atoms with Crippen molar-refractivity contribution < 1.29 is 13.5 Å². The summed E-state index contributed by atoms with van der Waals surface area (Å²) in [6.45, 7) is 1.61. The molecule has 1 atom stereocenters. The maximum atomic E-state index is 10.8. The van der Waals surface area contributed by atoms with Gasteiger partial charge in [0.15, 0.2) is 0 Å². The first-order chi connectivity index (χ1) is 5.05. The van der Waals surface area contributed by atoms with E-state index in [2.05, 4.69) is 9.44 Å². The van der Waals surface area contributed by atoms with E-state index >= 15 is 0 Å². The fourth-order valence-corrected chi connectivity index (χ4v) is 1.33. The van der Waals surface area contributed by atoms with Crippen LogP contribution in [0.15, 0.2) is 0 Å². The lowest BCUT2D eigenvalue weighted by Gasteiger charge is -2.12. The Bertz CT molecular complexity index is 186. The van der Waals surface area contributed by atoms with Crippen LogP contribution < -0.4 is 9.44 Å². The van der Waals surface area contributed by atoms with Crippen LogP contribution in [0.1, 0.15) is 13.3 Å². The highest BCUT2D eigenvalue weighted by Crippen LogP contribution is 1.90. The van der Waals surface area contributed by atoms with Crippen LogP contribution in [0.2, 0.25) is 0 Å². The average molecular weight is 182 g/mol. The van der Waals surface area contributed by atoms with Crippen LogP contribution in [0.25, 0.3) is 0 Å². The number of aliphatic hydroxyl groups is 1. The van der Waals surface area contributed by atoms with Crippen molar-refractivity contribution in [3.63, 3.8) is 0 Å². The van der Waals surface area contributed by atoms with E-state index in [1.54, 1.807) is 6.92 Å². The highest BCUT2D eigenvalue weighted by Gasteiger charge is 2.12. The number of rotatable bonds is 5. The van der Waals surface area contributed by atoms with E-state index < -0.39 is 16.3 Å². The zero-order valence-corrected chi connectivity index (χ0v) is 7.48. The van der Waals surface area contributed by atoms with Gasteiger partial charge in [0.25, 0.3) is 10.2 Å². The first-order valence-corrected chi connectivity index (χ1v) is 4.85. The van der Waals surface area contributed by atoms with Crippen molar-refractivity contribution in [2.24, 2.45) is 0 Å². The SMILES string of the molecule is CCC(CO)NS(=O)(=O)NC. The second-order valence-electron chi connectivity index (χ2n) is 2.11. The van der Waals surface area contributed by atoms with Gasteiger partial charge in [-0.3, -0.25) is 0 Å². The van der Waals surface area contributed by atoms with Crippen LogP contribution in [-0.2, 0) is 10.2 Å². The van der Waals surface area contributed by atoms with Gasteiger partial charge < -0.3 is 5.11 Å². The molecule has 0 aromatic rings. The lowest BCUT2D eigenvalue weighted by molar-refractivity contribution is 0.253. The maximum Gasteiger partial charge on any atom is 0.276 e. The monoisotopic (exact) mass is 182 g/mol. The average Bonchev–Trinajstić information content (AvgIpc) is 2.00. The standard InChI is InChI=1S/C5H14N2O3S/c1-3-5(4-8)7-11(9,10)6-2/h5-8H,3-4H2,1-2H3. The molecule has 0 aliphatic carbocycles. The minimum Gasteiger partial charge on any atom is -0.395 e. The van der Waals surface area contributed by atoms with Gasteiger partial charge in [-0.05, 0) is 6.42 Å². The number of hydrogen-bond acceptors (Lipinski definition) is 3. The minimum atomic E-state index is -3.40. The summed E-state index contributed by atoms with van der Waals surface area (Å²) in [7, 11) is -2.09. The van der Waals surface area contributed by atoms with Gasteiger partial charge in [0.2, 0.25) is 0 Å². The molecule has 0 aromatic heterocycles. The van der Waals surface area contributed by atoms with E-state index in [9.17, 15) is 8.42 Å². The molecule has 3 N–H and O–H groups in total. The third-order valence-electron chi connectivity index (χ3n) is 1.30. The Kier molecular flexibility index (Phi) is 4.58. The topological polar surface area (TPSA) is 78.4 Å². The summed E-state index contributed by atoms with van der Waals surface area (Å²) < 4.78 is 25.9. The van der Waals surface area contributed by atoms with Crippen LogP contribution in [0.5, 0.6) is 0 Å². The predicted molar refractivity (Wildman–Crippen MR) is 42.3 cm³/mol. The Morgan fingerprint density at radius 3 is 2.36 bits per heavy atom. The van der Waals surface area contributed by atoms with Gasteiger partial charge in [-0.1, -0.05) is 6.92 Å². The fourth-order valence-electron chi connectivity index (χ4n) is 0.528. The van der Waals surface area contributed by atoms with Crippen LogP contribution in [0.4, 0.5) is 0 Å². The maximum absolute atomic E-state index is 10.8. The van der Waals surface area contributed by atoms with Crippen molar-refractivity contribution in [1.82, 2.24) is 9.44 Å². The Labute approximate surface area is 67.0 Å². The van der Waals surface area contributed by atoms with E-state index in [1.807, 2.05) is 0 Å². The summed E-state index contributed by atoms with van der Waals surface area (Å²) in [6.07, 6.45) is 0.567. The van der Waals surface area contributed by atoms with Crippen molar-refractivity contribution in [3.8, 4) is 0 Å². The smallest absolute Gasteiger partial charge is 0.276 e. The summed E-state index contributed by atoms with van der Waals surface area (Å²) in [5, 5.41) is 8.63. The minimum absolute atomic E-state index is 0.183. The van der Waals surface area contributed by atoms with Crippen LogP contribution >= 0.6 is 0 Å². The first-order valence-electron chi connectivity index (χ1n) is 3.37. The highest BCUT2D eigenvalue weighted by molar-refractivity contribution is 7.87. The summed E-state index contributed by atoms with van der Waals surface area (Å²) >= 11 is 0. The fraction of sp³-hybridized carbons (Fsp3) is 1.00. The highest BCUT2D eigenvalue weighted by atomic mass is 32.2. The van der Waals surface area contributed by atoms with Crippen molar-refractivity contribution in [2.45, 2.75) is 19.4 Å². The molecule has 0 aliphatic heterocycles. The van der Waals surface area contributed by atoms with Gasteiger partial charge in [0.1, 0.15) is 0 Å². The zero-order chi connectivity index (χ0) is 8.91. The molecule has 0 spiro atoms. The summed E-state index contributed by atoms with van der Waals surface area (Å²) in [5.74, 6) is 0. The second kappa shape index (κ2) is 4.66. The Hall–Kier alpha value is -0.170. The van der Waals surface area contributed by atoms with Gasteiger partial charge >= 0.3 is 0 Å². The molecular formula is C5H14N2O3S. The van der Waals surface area contributed by atoms with E-state index in [0.717, 1.165) is 0 Å². The van der Waals surface area contributed by atoms with Gasteiger partial charge in [-0.2, -0.15) is 13.1 Å². The van der Waals surface area contributed by atoms with E-state index in [4.69, 9.17) is 5.11 Å². The lowest BCUT2D eigenvalue weighted by atomic mass is 10.3. The van der Waals surface area contributed by atoms with E-state index in [0.29, 0.717) is 6.42 Å². The molecule has 0 rings (SSSR count). The van der Waals surface area contributed by atoms with Crippen LogP contribution in [0, 0.1) is 0 Å². The van der Waals surface area contributed by atoms with Crippen molar-refractivity contribution in [3.05, 3.63) is 0 Å². The Morgan fingerprint density at radius 1 is 1.55 bits per heavy atom. The second-order valence-corrected chi connectivity index (χ2v) is 3.76. The van der Waals surface area contributed by atoms with Gasteiger partial charge in [0.05, 0.1) is 6.61 Å². The van der Waals surface area contributed by atoms with Gasteiger partial charge in [-0.25, -0.2) is 4.72 Å². The number of nitrogens with one attached hydrogen (secondary N) is 2. The molecule has 11 heavy (non-hydrogen) atoms. The summed E-state index contributed by atoms with van der Waals surface area (Å²) in [5.41, 5.74) is 0. The molecule has 6 heteroatoms. The number of hydrogen-bond donors (Lipinski definition) is 3. The molecule has 0 saturated carbocycles. The largest absolute Gasteiger partial charge is 0.395 e. The van der Waals surface area contributed by atoms with E-state index in [1.165, 1.54) is 7.05 Å². The molecule has 0 aromatic carbocycles. The number of aliphatic hydroxyl groups excluding tert-OH is 1. The molecule has 0 aliphatic rings. The lowest BCUT2D eigenvalue weighted by Crippen LogP contribution is -2.42. The van der Waals surface area contributed by atoms with Gasteiger partial charge in [-0.15, -0.1) is 0 Å². The van der Waals surface area contributed by atoms with Crippen molar-refractivity contribution in [2.75, 3.05) is 13.7 Å². The normalized spacial score (nSPS) is 14.8. The quantitative estimate of drug-likeness (QED) is 0.500. The molecule has 0 saturated heterocycles. The predicted octanol–water partition coefficient (Wildman–Crippen LogP) is -1.19. The molecule has 1 unspecified atom stereocenters. The first kappa shape index (κ1) is 10.8. The molecule has 68 valence electrons. The Morgan fingerprint density at radius 2 is 2.09 bits per heavy atom. The molecule has 5 nitrogen and oxygen atoms in total. The third-order valence-corrected chi connectivity index (χ3v) is 2.48. The van der Waals surface area contributed by atoms with Crippen molar-refractivity contribution >= 4 is 10.2 Å².